The lowest BCUT2D eigenvalue weighted by Crippen LogP contribution is -2.51. The highest BCUT2D eigenvalue weighted by Crippen LogP contribution is 2.24. The second-order valence-corrected chi connectivity index (χ2v) is 11.0. The van der Waals surface area contributed by atoms with Crippen molar-refractivity contribution in [3.05, 3.63) is 59.4 Å². The highest BCUT2D eigenvalue weighted by Gasteiger charge is 2.31. The summed E-state index contributed by atoms with van der Waals surface area (Å²) in [5, 5.41) is 0. The van der Waals surface area contributed by atoms with Gasteiger partial charge in [-0.2, -0.15) is 0 Å². The van der Waals surface area contributed by atoms with E-state index in [4.69, 9.17) is 9.47 Å². The fourth-order valence-electron chi connectivity index (χ4n) is 3.52. The number of hydrogen-bond acceptors (Lipinski definition) is 6. The molecule has 1 fully saturated rings. The number of amides is 2. The van der Waals surface area contributed by atoms with Crippen molar-refractivity contribution in [2.24, 2.45) is 0 Å². The number of carbonyl (C=O) groups excluding carboxylic acids is 2. The first-order chi connectivity index (χ1) is 16.3. The van der Waals surface area contributed by atoms with Crippen LogP contribution in [0.25, 0.3) is 11.1 Å². The third kappa shape index (κ3) is 7.48. The van der Waals surface area contributed by atoms with Gasteiger partial charge in [-0.05, 0) is 56.5 Å². The first-order valence-corrected chi connectivity index (χ1v) is 12.7. The van der Waals surface area contributed by atoms with E-state index in [1.54, 1.807) is 26.8 Å². The number of hydrogen-bond donors (Lipinski definition) is 2. The smallest absolute Gasteiger partial charge is 0.410 e. The van der Waals surface area contributed by atoms with Gasteiger partial charge in [-0.25, -0.2) is 17.6 Å². The fraction of sp³-hybridized carbons (Fsp3) is 0.417. The van der Waals surface area contributed by atoms with E-state index >= 15 is 0 Å². The van der Waals surface area contributed by atoms with E-state index in [0.717, 1.165) is 5.56 Å². The van der Waals surface area contributed by atoms with E-state index < -0.39 is 45.3 Å². The predicted octanol–water partition coefficient (Wildman–Crippen LogP) is 3.00. The van der Waals surface area contributed by atoms with Crippen LogP contribution < -0.4 is 10.3 Å². The number of rotatable bonds is 6. The number of nitrogens with zero attached hydrogens (tertiary/aromatic N) is 1. The van der Waals surface area contributed by atoms with Gasteiger partial charge in [-0.3, -0.25) is 10.2 Å². The van der Waals surface area contributed by atoms with Crippen LogP contribution in [0, 0.1) is 12.7 Å². The summed E-state index contributed by atoms with van der Waals surface area (Å²) in [7, 11) is -4.06. The number of morpholine rings is 1. The minimum absolute atomic E-state index is 0.0106. The molecule has 2 aromatic carbocycles. The number of benzene rings is 2. The molecule has 0 aliphatic carbocycles. The van der Waals surface area contributed by atoms with E-state index in [-0.39, 0.29) is 30.8 Å². The third-order valence-electron chi connectivity index (χ3n) is 5.12. The van der Waals surface area contributed by atoms with Gasteiger partial charge in [0.2, 0.25) is 10.0 Å². The minimum atomic E-state index is -4.06. The molecule has 1 heterocycles. The van der Waals surface area contributed by atoms with Crippen LogP contribution in [0.2, 0.25) is 0 Å². The van der Waals surface area contributed by atoms with Crippen molar-refractivity contribution in [3.8, 4) is 11.1 Å². The molecule has 35 heavy (non-hydrogen) atoms. The van der Waals surface area contributed by atoms with Crippen LogP contribution in [0.3, 0.4) is 0 Å². The van der Waals surface area contributed by atoms with E-state index in [0.29, 0.717) is 5.56 Å². The summed E-state index contributed by atoms with van der Waals surface area (Å²) in [6, 6.07) is 12.1. The van der Waals surface area contributed by atoms with Gasteiger partial charge >= 0.3 is 6.09 Å². The lowest BCUT2D eigenvalue weighted by molar-refractivity contribution is -0.0343. The average molecular weight is 508 g/mol. The maximum absolute atomic E-state index is 14.7. The molecule has 1 unspecified atom stereocenters. The van der Waals surface area contributed by atoms with Gasteiger partial charge in [0.25, 0.3) is 5.91 Å². The van der Waals surface area contributed by atoms with Gasteiger partial charge in [-0.1, -0.05) is 30.3 Å². The summed E-state index contributed by atoms with van der Waals surface area (Å²) in [5.74, 6) is -2.20. The van der Waals surface area contributed by atoms with Crippen LogP contribution in [0.4, 0.5) is 9.18 Å². The Morgan fingerprint density at radius 3 is 2.51 bits per heavy atom. The first-order valence-electron chi connectivity index (χ1n) is 11.1. The Kier molecular flexibility index (Phi) is 8.14. The van der Waals surface area contributed by atoms with Gasteiger partial charge < -0.3 is 14.4 Å². The SMILES string of the molecule is Cc1cc(-c2ccccc2)cc(C(=O)NNS(=O)(=O)CC2CN(C(=O)OC(C)(C)C)CCO2)c1F. The maximum Gasteiger partial charge on any atom is 0.410 e. The van der Waals surface area contributed by atoms with Crippen LogP contribution in [0.1, 0.15) is 36.7 Å². The second kappa shape index (κ2) is 10.7. The van der Waals surface area contributed by atoms with Crippen LogP contribution in [0.5, 0.6) is 0 Å². The van der Waals surface area contributed by atoms with Crippen molar-refractivity contribution in [2.75, 3.05) is 25.4 Å². The van der Waals surface area contributed by atoms with Crippen molar-refractivity contribution < 1.29 is 31.9 Å². The number of sulfonamides is 1. The van der Waals surface area contributed by atoms with Gasteiger partial charge in [0.05, 0.1) is 30.6 Å². The molecule has 0 bridgehead atoms. The summed E-state index contributed by atoms with van der Waals surface area (Å²) in [5.41, 5.74) is 2.74. The lowest BCUT2D eigenvalue weighted by Gasteiger charge is -2.34. The number of ether oxygens (including phenoxy) is 2. The molecule has 2 amide bonds. The molecule has 1 saturated heterocycles. The molecule has 1 aliphatic rings. The minimum Gasteiger partial charge on any atom is -0.444 e. The second-order valence-electron chi connectivity index (χ2n) is 9.28. The van der Waals surface area contributed by atoms with Crippen LogP contribution in [0.15, 0.2) is 42.5 Å². The lowest BCUT2D eigenvalue weighted by atomic mass is 9.99. The van der Waals surface area contributed by atoms with Crippen molar-refractivity contribution in [1.29, 1.82) is 0 Å². The number of hydrazine groups is 1. The van der Waals surface area contributed by atoms with E-state index in [1.807, 2.05) is 35.2 Å². The molecule has 9 nitrogen and oxygen atoms in total. The van der Waals surface area contributed by atoms with E-state index in [9.17, 15) is 22.4 Å². The van der Waals surface area contributed by atoms with Gasteiger partial charge in [0.1, 0.15) is 11.4 Å². The number of nitrogens with one attached hydrogen (secondary N) is 2. The topological polar surface area (TPSA) is 114 Å². The Morgan fingerprint density at radius 1 is 1.17 bits per heavy atom. The highest BCUT2D eigenvalue weighted by molar-refractivity contribution is 7.89. The van der Waals surface area contributed by atoms with Crippen molar-refractivity contribution in [1.82, 2.24) is 15.2 Å². The molecule has 11 heteroatoms. The summed E-state index contributed by atoms with van der Waals surface area (Å²) >= 11 is 0. The van der Waals surface area contributed by atoms with Crippen molar-refractivity contribution in [3.63, 3.8) is 0 Å². The molecule has 1 aliphatic heterocycles. The van der Waals surface area contributed by atoms with Crippen LogP contribution in [-0.4, -0.2) is 62.5 Å². The third-order valence-corrected chi connectivity index (χ3v) is 6.35. The summed E-state index contributed by atoms with van der Waals surface area (Å²) in [4.78, 5) is 28.3. The van der Waals surface area contributed by atoms with Crippen molar-refractivity contribution in [2.45, 2.75) is 39.4 Å². The Morgan fingerprint density at radius 2 is 1.86 bits per heavy atom. The molecule has 190 valence electrons. The fourth-order valence-corrected chi connectivity index (χ4v) is 4.54. The molecular weight excluding hydrogens is 477 g/mol. The first kappa shape index (κ1) is 26.6. The quantitative estimate of drug-likeness (QED) is 0.581. The van der Waals surface area contributed by atoms with E-state index in [2.05, 4.69) is 5.43 Å². The molecule has 0 spiro atoms. The summed E-state index contributed by atoms with van der Waals surface area (Å²) in [6.07, 6.45) is -1.39. The zero-order valence-corrected chi connectivity index (χ0v) is 20.9. The Hall–Kier alpha value is -3.02. The zero-order valence-electron chi connectivity index (χ0n) is 20.1. The molecule has 1 atom stereocenters. The van der Waals surface area contributed by atoms with E-state index in [1.165, 1.54) is 17.9 Å². The summed E-state index contributed by atoms with van der Waals surface area (Å²) < 4.78 is 50.6. The predicted molar refractivity (Wildman–Crippen MR) is 129 cm³/mol. The normalized spacial score (nSPS) is 16.6. The van der Waals surface area contributed by atoms with Crippen LogP contribution >= 0.6 is 0 Å². The van der Waals surface area contributed by atoms with Gasteiger partial charge in [0.15, 0.2) is 0 Å². The number of carbonyl (C=O) groups is 2. The van der Waals surface area contributed by atoms with Gasteiger partial charge in [-0.15, -0.1) is 4.83 Å². The zero-order chi connectivity index (χ0) is 25.8. The van der Waals surface area contributed by atoms with Gasteiger partial charge in [0, 0.05) is 6.54 Å². The summed E-state index contributed by atoms with van der Waals surface area (Å²) in [6.45, 7) is 7.16. The average Bonchev–Trinajstić information content (AvgIpc) is 2.78. The largest absolute Gasteiger partial charge is 0.444 e. The molecule has 0 aromatic heterocycles. The molecule has 2 N–H and O–H groups in total. The number of aryl methyl sites for hydroxylation is 1. The standard InChI is InChI=1S/C24H30FN3O6S/c1-16-12-18(17-8-6-5-7-9-17)13-20(21(16)25)22(29)26-27-35(31,32)15-19-14-28(10-11-33-19)23(30)34-24(2,3)4/h5-9,12-13,19,27H,10-11,14-15H2,1-4H3,(H,26,29). The van der Waals surface area contributed by atoms with Crippen molar-refractivity contribution >= 4 is 22.0 Å². The molecule has 2 aromatic rings. The Bertz CT molecular complexity index is 1180. The maximum atomic E-state index is 14.7. The Labute approximate surface area is 204 Å². The monoisotopic (exact) mass is 507 g/mol. The molecular formula is C24H30FN3O6S. The molecule has 0 saturated carbocycles. The van der Waals surface area contributed by atoms with Crippen LogP contribution in [-0.2, 0) is 19.5 Å². The Balaban J connectivity index is 1.63. The molecule has 3 rings (SSSR count). The highest BCUT2D eigenvalue weighted by atomic mass is 32.2. The number of halogens is 1. The molecule has 0 radical (unpaired) electrons.